The molecule has 0 aliphatic carbocycles. The molecule has 0 spiro atoms. The molecule has 76 valence electrons. The van der Waals surface area contributed by atoms with Gasteiger partial charge in [-0.05, 0) is 31.9 Å². The number of hydrogen-bond donors (Lipinski definition) is 1. The standard InChI is InChI=1S/C12H17NO/c1-8-3-4-12-10(5-8)7-11(14-12)6-9(2)13/h3-5,9,11H,6-7,13H2,1-2H3. The summed E-state index contributed by atoms with van der Waals surface area (Å²) in [7, 11) is 0. The van der Waals surface area contributed by atoms with Gasteiger partial charge in [-0.25, -0.2) is 0 Å². The SMILES string of the molecule is Cc1ccc2c(c1)CC(CC(C)N)O2. The summed E-state index contributed by atoms with van der Waals surface area (Å²) < 4.78 is 5.79. The summed E-state index contributed by atoms with van der Waals surface area (Å²) in [4.78, 5) is 0. The predicted molar refractivity (Wildman–Crippen MR) is 57.6 cm³/mol. The van der Waals surface area contributed by atoms with E-state index < -0.39 is 0 Å². The summed E-state index contributed by atoms with van der Waals surface area (Å²) in [5.41, 5.74) is 8.39. The third-order valence-electron chi connectivity index (χ3n) is 2.59. The molecule has 1 aromatic carbocycles. The highest BCUT2D eigenvalue weighted by atomic mass is 16.5. The van der Waals surface area contributed by atoms with Gasteiger partial charge >= 0.3 is 0 Å². The second-order valence-electron chi connectivity index (χ2n) is 4.27. The van der Waals surface area contributed by atoms with Gasteiger partial charge in [-0.1, -0.05) is 17.7 Å². The van der Waals surface area contributed by atoms with Crippen LogP contribution in [-0.4, -0.2) is 12.1 Å². The second kappa shape index (κ2) is 3.62. The van der Waals surface area contributed by atoms with Crippen LogP contribution in [-0.2, 0) is 6.42 Å². The number of nitrogens with two attached hydrogens (primary N) is 1. The molecule has 0 aromatic heterocycles. The zero-order valence-corrected chi connectivity index (χ0v) is 8.79. The van der Waals surface area contributed by atoms with Crippen molar-refractivity contribution in [3.63, 3.8) is 0 Å². The number of rotatable bonds is 2. The van der Waals surface area contributed by atoms with Crippen molar-refractivity contribution in [3.05, 3.63) is 29.3 Å². The van der Waals surface area contributed by atoms with E-state index in [2.05, 4.69) is 25.1 Å². The zero-order valence-electron chi connectivity index (χ0n) is 8.79. The van der Waals surface area contributed by atoms with Gasteiger partial charge in [0.2, 0.25) is 0 Å². The summed E-state index contributed by atoms with van der Waals surface area (Å²) in [5, 5.41) is 0. The first-order valence-corrected chi connectivity index (χ1v) is 5.17. The number of benzene rings is 1. The van der Waals surface area contributed by atoms with Gasteiger partial charge in [0.25, 0.3) is 0 Å². The van der Waals surface area contributed by atoms with E-state index in [-0.39, 0.29) is 12.1 Å². The van der Waals surface area contributed by atoms with Gasteiger partial charge in [-0.2, -0.15) is 0 Å². The van der Waals surface area contributed by atoms with Gasteiger partial charge < -0.3 is 10.5 Å². The van der Waals surface area contributed by atoms with Crippen LogP contribution in [0.25, 0.3) is 0 Å². The van der Waals surface area contributed by atoms with Gasteiger partial charge in [0.15, 0.2) is 0 Å². The minimum Gasteiger partial charge on any atom is -0.490 e. The lowest BCUT2D eigenvalue weighted by atomic mass is 10.0. The fourth-order valence-corrected chi connectivity index (χ4v) is 2.00. The molecule has 1 aliphatic rings. The molecule has 14 heavy (non-hydrogen) atoms. The van der Waals surface area contributed by atoms with E-state index >= 15 is 0 Å². The first kappa shape index (κ1) is 9.53. The average Bonchev–Trinajstić information content (AvgIpc) is 2.44. The van der Waals surface area contributed by atoms with Gasteiger partial charge in [-0.3, -0.25) is 0 Å². The van der Waals surface area contributed by atoms with E-state index in [1.54, 1.807) is 0 Å². The largest absolute Gasteiger partial charge is 0.490 e. The minimum atomic E-state index is 0.218. The molecule has 2 rings (SSSR count). The van der Waals surface area contributed by atoms with Gasteiger partial charge in [-0.15, -0.1) is 0 Å². The molecule has 1 heterocycles. The first-order valence-electron chi connectivity index (χ1n) is 5.17. The van der Waals surface area contributed by atoms with Crippen LogP contribution >= 0.6 is 0 Å². The quantitative estimate of drug-likeness (QED) is 0.776. The maximum Gasteiger partial charge on any atom is 0.123 e. The lowest BCUT2D eigenvalue weighted by Gasteiger charge is -2.12. The van der Waals surface area contributed by atoms with Gasteiger partial charge in [0.05, 0.1) is 0 Å². The first-order chi connectivity index (χ1) is 6.65. The highest BCUT2D eigenvalue weighted by molar-refractivity contribution is 5.40. The molecular weight excluding hydrogens is 174 g/mol. The molecule has 2 heteroatoms. The average molecular weight is 191 g/mol. The molecule has 2 unspecified atom stereocenters. The van der Waals surface area contributed by atoms with E-state index in [0.717, 1.165) is 18.6 Å². The van der Waals surface area contributed by atoms with Crippen LogP contribution in [0.5, 0.6) is 5.75 Å². The molecular formula is C12H17NO. The maximum atomic E-state index is 5.79. The van der Waals surface area contributed by atoms with Crippen LogP contribution in [0.15, 0.2) is 18.2 Å². The highest BCUT2D eigenvalue weighted by Gasteiger charge is 2.23. The van der Waals surface area contributed by atoms with Crippen LogP contribution in [0, 0.1) is 6.92 Å². The van der Waals surface area contributed by atoms with E-state index in [1.807, 2.05) is 6.92 Å². The molecule has 2 atom stereocenters. The summed E-state index contributed by atoms with van der Waals surface area (Å²) in [6, 6.07) is 6.57. The Hall–Kier alpha value is -1.02. The van der Waals surface area contributed by atoms with Crippen LogP contribution in [0.1, 0.15) is 24.5 Å². The van der Waals surface area contributed by atoms with Crippen LogP contribution in [0.3, 0.4) is 0 Å². The fourth-order valence-electron chi connectivity index (χ4n) is 2.00. The van der Waals surface area contributed by atoms with Crippen molar-refractivity contribution in [2.45, 2.75) is 38.8 Å². The van der Waals surface area contributed by atoms with Crippen molar-refractivity contribution in [2.24, 2.45) is 5.73 Å². The fraction of sp³-hybridized carbons (Fsp3) is 0.500. The molecule has 2 N–H and O–H groups in total. The Bertz CT molecular complexity index is 333. The van der Waals surface area contributed by atoms with Crippen molar-refractivity contribution in [2.75, 3.05) is 0 Å². The third-order valence-corrected chi connectivity index (χ3v) is 2.59. The van der Waals surface area contributed by atoms with E-state index in [0.29, 0.717) is 0 Å². The Morgan fingerprint density at radius 1 is 1.57 bits per heavy atom. The van der Waals surface area contributed by atoms with E-state index in [1.165, 1.54) is 11.1 Å². The lowest BCUT2D eigenvalue weighted by Crippen LogP contribution is -2.25. The normalized spacial score (nSPS) is 21.5. The Balaban J connectivity index is 2.10. The Labute approximate surface area is 85.1 Å². The zero-order chi connectivity index (χ0) is 10.1. The summed E-state index contributed by atoms with van der Waals surface area (Å²) in [5.74, 6) is 1.04. The van der Waals surface area contributed by atoms with Crippen molar-refractivity contribution in [1.82, 2.24) is 0 Å². The Morgan fingerprint density at radius 2 is 2.36 bits per heavy atom. The topological polar surface area (TPSA) is 35.2 Å². The monoisotopic (exact) mass is 191 g/mol. The van der Waals surface area contributed by atoms with Crippen LogP contribution in [0.4, 0.5) is 0 Å². The molecule has 0 amide bonds. The Morgan fingerprint density at radius 3 is 3.07 bits per heavy atom. The lowest BCUT2D eigenvalue weighted by molar-refractivity contribution is 0.213. The number of fused-ring (bicyclic) bond motifs is 1. The molecule has 0 saturated heterocycles. The predicted octanol–water partition coefficient (Wildman–Crippen LogP) is 2.04. The number of aryl methyl sites for hydroxylation is 1. The molecule has 0 radical (unpaired) electrons. The molecule has 0 saturated carbocycles. The minimum absolute atomic E-state index is 0.218. The van der Waals surface area contributed by atoms with Crippen molar-refractivity contribution >= 4 is 0 Å². The third kappa shape index (κ3) is 1.90. The molecule has 1 aromatic rings. The number of ether oxygens (including phenoxy) is 1. The molecule has 0 fully saturated rings. The van der Waals surface area contributed by atoms with Crippen molar-refractivity contribution in [1.29, 1.82) is 0 Å². The van der Waals surface area contributed by atoms with Crippen LogP contribution in [0.2, 0.25) is 0 Å². The van der Waals surface area contributed by atoms with Crippen LogP contribution < -0.4 is 10.5 Å². The molecule has 1 aliphatic heterocycles. The second-order valence-corrected chi connectivity index (χ2v) is 4.27. The summed E-state index contributed by atoms with van der Waals surface area (Å²) >= 11 is 0. The highest BCUT2D eigenvalue weighted by Crippen LogP contribution is 2.30. The van der Waals surface area contributed by atoms with Gasteiger partial charge in [0, 0.05) is 12.5 Å². The maximum absolute atomic E-state index is 5.79. The summed E-state index contributed by atoms with van der Waals surface area (Å²) in [6.07, 6.45) is 2.23. The van der Waals surface area contributed by atoms with E-state index in [9.17, 15) is 0 Å². The Kier molecular flexibility index (Phi) is 2.46. The van der Waals surface area contributed by atoms with Crippen molar-refractivity contribution < 1.29 is 4.74 Å². The smallest absolute Gasteiger partial charge is 0.123 e. The molecule has 0 bridgehead atoms. The number of hydrogen-bond acceptors (Lipinski definition) is 2. The summed E-state index contributed by atoms with van der Waals surface area (Å²) in [6.45, 7) is 4.14. The van der Waals surface area contributed by atoms with E-state index in [4.69, 9.17) is 10.5 Å². The van der Waals surface area contributed by atoms with Crippen molar-refractivity contribution in [3.8, 4) is 5.75 Å². The molecule has 2 nitrogen and oxygen atoms in total. The van der Waals surface area contributed by atoms with Gasteiger partial charge in [0.1, 0.15) is 11.9 Å².